The quantitative estimate of drug-likeness (QED) is 0.756. The standard InChI is InChI=1S/C16H16N2O3/c1-9-3-6-14(17)13(7-9)15(19)18-11-5-4-10(2)12(8-11)16(20)21/h3-8H,17H2,1-2H3,(H,18,19)(H,20,21). The SMILES string of the molecule is Cc1ccc(N)c(C(=O)Nc2ccc(C)c(C(=O)O)c2)c1. The molecule has 0 heterocycles. The van der Waals surface area contributed by atoms with Crippen LogP contribution in [-0.4, -0.2) is 17.0 Å². The van der Waals surface area contributed by atoms with E-state index >= 15 is 0 Å². The maximum atomic E-state index is 12.2. The molecule has 108 valence electrons. The molecule has 0 aliphatic rings. The fourth-order valence-corrected chi connectivity index (χ4v) is 2.00. The van der Waals surface area contributed by atoms with Gasteiger partial charge in [0.1, 0.15) is 0 Å². The van der Waals surface area contributed by atoms with Crippen LogP contribution in [0.5, 0.6) is 0 Å². The Morgan fingerprint density at radius 2 is 1.76 bits per heavy atom. The second-order valence-electron chi connectivity index (χ2n) is 4.88. The van der Waals surface area contributed by atoms with E-state index in [4.69, 9.17) is 10.8 Å². The van der Waals surface area contributed by atoms with Crippen molar-refractivity contribution in [3.8, 4) is 0 Å². The van der Waals surface area contributed by atoms with Crippen LogP contribution >= 0.6 is 0 Å². The minimum atomic E-state index is -1.03. The first-order valence-corrected chi connectivity index (χ1v) is 6.40. The molecule has 0 aromatic heterocycles. The van der Waals surface area contributed by atoms with Crippen LogP contribution in [0.25, 0.3) is 0 Å². The summed E-state index contributed by atoms with van der Waals surface area (Å²) in [5.41, 5.74) is 8.67. The summed E-state index contributed by atoms with van der Waals surface area (Å²) in [6, 6.07) is 9.92. The highest BCUT2D eigenvalue weighted by Gasteiger charge is 2.12. The van der Waals surface area contributed by atoms with Crippen LogP contribution in [0.15, 0.2) is 36.4 Å². The number of benzene rings is 2. The van der Waals surface area contributed by atoms with Crippen LogP contribution < -0.4 is 11.1 Å². The third-order valence-corrected chi connectivity index (χ3v) is 3.18. The first-order valence-electron chi connectivity index (χ1n) is 6.40. The Labute approximate surface area is 122 Å². The molecule has 0 saturated heterocycles. The summed E-state index contributed by atoms with van der Waals surface area (Å²) in [7, 11) is 0. The van der Waals surface area contributed by atoms with Crippen molar-refractivity contribution < 1.29 is 14.7 Å². The van der Waals surface area contributed by atoms with Crippen molar-refractivity contribution in [3.05, 3.63) is 58.7 Å². The van der Waals surface area contributed by atoms with Crippen molar-refractivity contribution in [2.45, 2.75) is 13.8 Å². The number of hydrogen-bond donors (Lipinski definition) is 3. The molecule has 0 unspecified atom stereocenters. The Morgan fingerprint density at radius 3 is 2.43 bits per heavy atom. The first kappa shape index (κ1) is 14.6. The molecule has 2 aromatic carbocycles. The normalized spacial score (nSPS) is 10.2. The molecule has 5 nitrogen and oxygen atoms in total. The smallest absolute Gasteiger partial charge is 0.336 e. The number of rotatable bonds is 3. The van der Waals surface area contributed by atoms with E-state index in [9.17, 15) is 9.59 Å². The van der Waals surface area contributed by atoms with Gasteiger partial charge in [-0.3, -0.25) is 4.79 Å². The van der Waals surface area contributed by atoms with Gasteiger partial charge in [0, 0.05) is 11.4 Å². The number of carboxylic acid groups (broad SMARTS) is 1. The monoisotopic (exact) mass is 284 g/mol. The van der Waals surface area contributed by atoms with Crippen molar-refractivity contribution in [2.75, 3.05) is 11.1 Å². The van der Waals surface area contributed by atoms with Gasteiger partial charge in [-0.15, -0.1) is 0 Å². The molecule has 0 fully saturated rings. The van der Waals surface area contributed by atoms with Crippen molar-refractivity contribution in [1.29, 1.82) is 0 Å². The maximum absolute atomic E-state index is 12.2. The number of nitrogen functional groups attached to an aromatic ring is 1. The van der Waals surface area contributed by atoms with Crippen LogP contribution in [0.2, 0.25) is 0 Å². The van der Waals surface area contributed by atoms with E-state index < -0.39 is 5.97 Å². The summed E-state index contributed by atoms with van der Waals surface area (Å²) >= 11 is 0. The summed E-state index contributed by atoms with van der Waals surface area (Å²) in [4.78, 5) is 23.3. The lowest BCUT2D eigenvalue weighted by Gasteiger charge is -2.10. The summed E-state index contributed by atoms with van der Waals surface area (Å²) in [6.07, 6.45) is 0. The van der Waals surface area contributed by atoms with Gasteiger partial charge in [-0.25, -0.2) is 4.79 Å². The number of carboxylic acids is 1. The Morgan fingerprint density at radius 1 is 1.05 bits per heavy atom. The molecule has 0 radical (unpaired) electrons. The second kappa shape index (κ2) is 5.66. The molecule has 4 N–H and O–H groups in total. The van der Waals surface area contributed by atoms with Gasteiger partial charge in [0.05, 0.1) is 11.1 Å². The number of carbonyl (C=O) groups is 2. The summed E-state index contributed by atoms with van der Waals surface area (Å²) in [6.45, 7) is 3.57. The van der Waals surface area contributed by atoms with Crippen LogP contribution in [0, 0.1) is 13.8 Å². The third-order valence-electron chi connectivity index (χ3n) is 3.18. The highest BCUT2D eigenvalue weighted by Crippen LogP contribution is 2.19. The average molecular weight is 284 g/mol. The number of anilines is 2. The maximum Gasteiger partial charge on any atom is 0.336 e. The lowest BCUT2D eigenvalue weighted by molar-refractivity contribution is 0.0695. The van der Waals surface area contributed by atoms with E-state index in [0.29, 0.717) is 22.5 Å². The summed E-state index contributed by atoms with van der Waals surface area (Å²) < 4.78 is 0. The van der Waals surface area contributed by atoms with Crippen LogP contribution in [0.4, 0.5) is 11.4 Å². The molecular weight excluding hydrogens is 268 g/mol. The van der Waals surface area contributed by atoms with E-state index in [-0.39, 0.29) is 11.5 Å². The van der Waals surface area contributed by atoms with Crippen molar-refractivity contribution in [2.24, 2.45) is 0 Å². The van der Waals surface area contributed by atoms with Crippen molar-refractivity contribution in [3.63, 3.8) is 0 Å². The van der Waals surface area contributed by atoms with Crippen LogP contribution in [0.3, 0.4) is 0 Å². The molecule has 21 heavy (non-hydrogen) atoms. The summed E-state index contributed by atoms with van der Waals surface area (Å²) in [5, 5.41) is 11.8. The molecule has 0 bridgehead atoms. The van der Waals surface area contributed by atoms with Gasteiger partial charge >= 0.3 is 5.97 Å². The predicted molar refractivity (Wildman–Crippen MR) is 81.7 cm³/mol. The Kier molecular flexibility index (Phi) is 3.93. The molecular formula is C16H16N2O3. The topological polar surface area (TPSA) is 92.4 Å². The second-order valence-corrected chi connectivity index (χ2v) is 4.88. The minimum absolute atomic E-state index is 0.157. The minimum Gasteiger partial charge on any atom is -0.478 e. The zero-order chi connectivity index (χ0) is 15.6. The Hall–Kier alpha value is -2.82. The van der Waals surface area contributed by atoms with Crippen molar-refractivity contribution in [1.82, 2.24) is 0 Å². The number of amides is 1. The Bertz CT molecular complexity index is 723. The Balaban J connectivity index is 2.29. The lowest BCUT2D eigenvalue weighted by Crippen LogP contribution is -2.15. The number of nitrogens with two attached hydrogens (primary N) is 1. The summed E-state index contributed by atoms with van der Waals surface area (Å²) in [5.74, 6) is -1.39. The molecule has 0 spiro atoms. The van der Waals surface area contributed by atoms with Gasteiger partial charge in [0.15, 0.2) is 0 Å². The number of aryl methyl sites for hydroxylation is 2. The highest BCUT2D eigenvalue weighted by molar-refractivity contribution is 6.08. The fourth-order valence-electron chi connectivity index (χ4n) is 2.00. The van der Waals surface area contributed by atoms with Gasteiger partial charge < -0.3 is 16.2 Å². The zero-order valence-electron chi connectivity index (χ0n) is 11.8. The highest BCUT2D eigenvalue weighted by atomic mass is 16.4. The van der Waals surface area contributed by atoms with Gasteiger partial charge in [-0.1, -0.05) is 17.7 Å². The molecule has 5 heteroatoms. The van der Waals surface area contributed by atoms with Crippen LogP contribution in [-0.2, 0) is 0 Å². The molecule has 0 aliphatic carbocycles. The molecule has 2 rings (SSSR count). The van der Waals surface area contributed by atoms with Gasteiger partial charge in [0.2, 0.25) is 0 Å². The van der Waals surface area contributed by atoms with E-state index in [1.807, 2.05) is 13.0 Å². The number of aromatic carboxylic acids is 1. The molecule has 0 atom stereocenters. The largest absolute Gasteiger partial charge is 0.478 e. The zero-order valence-corrected chi connectivity index (χ0v) is 11.8. The fraction of sp³-hybridized carbons (Fsp3) is 0.125. The van der Waals surface area contributed by atoms with E-state index in [0.717, 1.165) is 5.56 Å². The number of nitrogens with one attached hydrogen (secondary N) is 1. The van der Waals surface area contributed by atoms with Crippen molar-refractivity contribution >= 4 is 23.3 Å². The molecule has 0 aliphatic heterocycles. The predicted octanol–water partition coefficient (Wildman–Crippen LogP) is 2.84. The molecule has 0 saturated carbocycles. The molecule has 1 amide bonds. The van der Waals surface area contributed by atoms with Gasteiger partial charge in [-0.2, -0.15) is 0 Å². The van der Waals surface area contributed by atoms with E-state index in [1.54, 1.807) is 31.2 Å². The average Bonchev–Trinajstić information content (AvgIpc) is 2.43. The van der Waals surface area contributed by atoms with E-state index in [2.05, 4.69) is 5.32 Å². The lowest BCUT2D eigenvalue weighted by atomic mass is 10.1. The van der Waals surface area contributed by atoms with Gasteiger partial charge in [0.25, 0.3) is 5.91 Å². The van der Waals surface area contributed by atoms with E-state index in [1.165, 1.54) is 6.07 Å². The third kappa shape index (κ3) is 3.20. The van der Waals surface area contributed by atoms with Crippen LogP contribution in [0.1, 0.15) is 31.8 Å². The molecule has 2 aromatic rings. The first-order chi connectivity index (χ1) is 9.88. The van der Waals surface area contributed by atoms with Gasteiger partial charge in [-0.05, 0) is 43.7 Å². The number of carbonyl (C=O) groups excluding carboxylic acids is 1. The number of hydrogen-bond acceptors (Lipinski definition) is 3.